The molecule has 1 aromatic heterocycles. The minimum absolute atomic E-state index is 0.00977. The van der Waals surface area contributed by atoms with Crippen LogP contribution in [0.2, 0.25) is 10.0 Å². The van der Waals surface area contributed by atoms with E-state index in [9.17, 15) is 15.0 Å². The maximum absolute atomic E-state index is 11.3. The number of nitrogens with zero attached hydrogens (tertiary/aromatic N) is 4. The summed E-state index contributed by atoms with van der Waals surface area (Å²) in [6.07, 6.45) is 0.168. The minimum Gasteiger partial charge on any atom is -0.481 e. The molecule has 0 bridgehead atoms. The van der Waals surface area contributed by atoms with Crippen molar-refractivity contribution in [2.75, 3.05) is 12.4 Å². The topological polar surface area (TPSA) is 101 Å². The maximum Gasteiger partial charge on any atom is 0.303 e. The summed E-state index contributed by atoms with van der Waals surface area (Å²) in [5.74, 6) is 0.0616. The summed E-state index contributed by atoms with van der Waals surface area (Å²) in [6, 6.07) is 12.2. The fourth-order valence-corrected chi connectivity index (χ4v) is 4.54. The third-order valence-corrected chi connectivity index (χ3v) is 6.25. The third-order valence-electron chi connectivity index (χ3n) is 4.78. The highest BCUT2D eigenvalue weighted by Crippen LogP contribution is 2.37. The van der Waals surface area contributed by atoms with Gasteiger partial charge in [0.2, 0.25) is 0 Å². The predicted octanol–water partition coefficient (Wildman–Crippen LogP) is 4.42. The molecule has 4 rings (SSSR count). The predicted molar refractivity (Wildman–Crippen MR) is 121 cm³/mol. The van der Waals surface area contributed by atoms with Crippen molar-refractivity contribution in [3.63, 3.8) is 0 Å². The Bertz CT molecular complexity index is 1170. The minimum atomic E-state index is -0.916. The fraction of sp³-hybridized carbons (Fsp3) is 0.238. The second-order valence-corrected chi connectivity index (χ2v) is 8.72. The number of halogens is 2. The molecule has 0 amide bonds. The standard InChI is InChI=1S/C21H18Cl2N4O3S/c22-12-5-7-17-14(11-12)19(13-3-1-2-4-15(13)23)24-16(6-8-18(29)30)20-25-26-21(27(17)20)31-10-9-28/h1-5,7,11,16,28H,6,8-10H2,(H,29,30)/t16-/m0/s1. The molecule has 0 saturated carbocycles. The number of aliphatic hydroxyl groups is 1. The number of hydrogen-bond donors (Lipinski definition) is 2. The number of aliphatic hydroxyl groups excluding tert-OH is 1. The second-order valence-electron chi connectivity index (χ2n) is 6.82. The van der Waals surface area contributed by atoms with E-state index in [1.165, 1.54) is 11.8 Å². The third kappa shape index (κ3) is 4.48. The van der Waals surface area contributed by atoms with Gasteiger partial charge in [0.1, 0.15) is 6.04 Å². The molecule has 1 atom stereocenters. The lowest BCUT2D eigenvalue weighted by Crippen LogP contribution is -2.09. The monoisotopic (exact) mass is 476 g/mol. The van der Waals surface area contributed by atoms with Gasteiger partial charge in [0.15, 0.2) is 11.0 Å². The molecule has 1 aliphatic rings. The van der Waals surface area contributed by atoms with E-state index >= 15 is 0 Å². The van der Waals surface area contributed by atoms with E-state index in [0.717, 1.165) is 16.8 Å². The SMILES string of the molecule is O=C(O)CC[C@@H]1N=C(c2ccccc2Cl)c2cc(Cl)ccc2-n2c(SCCO)nnc21. The summed E-state index contributed by atoms with van der Waals surface area (Å²) in [6.45, 7) is -0.00977. The Labute approximate surface area is 192 Å². The van der Waals surface area contributed by atoms with Gasteiger partial charge in [-0.25, -0.2) is 0 Å². The Kier molecular flexibility index (Phi) is 6.62. The van der Waals surface area contributed by atoms with Gasteiger partial charge in [0, 0.05) is 33.3 Å². The number of benzene rings is 2. The molecule has 7 nitrogen and oxygen atoms in total. The number of carbonyl (C=O) groups is 1. The Hall–Kier alpha value is -2.39. The normalized spacial score (nSPS) is 15.1. The first-order valence-electron chi connectivity index (χ1n) is 9.53. The molecule has 0 aliphatic carbocycles. The average molecular weight is 477 g/mol. The lowest BCUT2D eigenvalue weighted by atomic mass is 10.00. The van der Waals surface area contributed by atoms with E-state index in [2.05, 4.69) is 10.2 Å². The van der Waals surface area contributed by atoms with Gasteiger partial charge < -0.3 is 10.2 Å². The van der Waals surface area contributed by atoms with Crippen LogP contribution in [0.1, 0.15) is 35.8 Å². The molecular formula is C21H18Cl2N4O3S. The van der Waals surface area contributed by atoms with Gasteiger partial charge in [-0.1, -0.05) is 53.2 Å². The summed E-state index contributed by atoms with van der Waals surface area (Å²) < 4.78 is 1.87. The van der Waals surface area contributed by atoms with Gasteiger partial charge in [-0.15, -0.1) is 10.2 Å². The van der Waals surface area contributed by atoms with E-state index in [0.29, 0.717) is 32.5 Å². The molecule has 0 fully saturated rings. The van der Waals surface area contributed by atoms with Gasteiger partial charge >= 0.3 is 5.97 Å². The number of fused-ring (bicyclic) bond motifs is 3. The number of aliphatic carboxylic acids is 1. The largest absolute Gasteiger partial charge is 0.481 e. The molecule has 160 valence electrons. The summed E-state index contributed by atoms with van der Waals surface area (Å²) >= 11 is 14.2. The Morgan fingerprint density at radius 1 is 1.13 bits per heavy atom. The van der Waals surface area contributed by atoms with Crippen LogP contribution in [-0.4, -0.2) is 49.0 Å². The average Bonchev–Trinajstić information content (AvgIpc) is 3.11. The number of carboxylic acid groups (broad SMARTS) is 1. The zero-order valence-electron chi connectivity index (χ0n) is 16.2. The van der Waals surface area contributed by atoms with Gasteiger partial charge in [-0.05, 0) is 30.7 Å². The number of thioether (sulfide) groups is 1. The number of hydrogen-bond acceptors (Lipinski definition) is 6. The zero-order valence-corrected chi connectivity index (χ0v) is 18.5. The molecular weight excluding hydrogens is 459 g/mol. The van der Waals surface area contributed by atoms with Crippen molar-refractivity contribution in [3.05, 3.63) is 69.5 Å². The van der Waals surface area contributed by atoms with Crippen LogP contribution in [0, 0.1) is 0 Å². The highest BCUT2D eigenvalue weighted by Gasteiger charge is 2.30. The first kappa shape index (κ1) is 21.8. The van der Waals surface area contributed by atoms with Gasteiger partial charge in [0.25, 0.3) is 0 Å². The van der Waals surface area contributed by atoms with Crippen molar-refractivity contribution in [2.24, 2.45) is 4.99 Å². The fourth-order valence-electron chi connectivity index (χ4n) is 3.45. The van der Waals surface area contributed by atoms with E-state index in [1.54, 1.807) is 12.1 Å². The Morgan fingerprint density at radius 3 is 2.68 bits per heavy atom. The van der Waals surface area contributed by atoms with E-state index in [-0.39, 0.29) is 19.4 Å². The van der Waals surface area contributed by atoms with Crippen molar-refractivity contribution in [2.45, 2.75) is 24.0 Å². The zero-order chi connectivity index (χ0) is 22.0. The summed E-state index contributed by atoms with van der Waals surface area (Å²) in [7, 11) is 0. The van der Waals surface area contributed by atoms with E-state index in [4.69, 9.17) is 28.2 Å². The molecule has 2 heterocycles. The molecule has 31 heavy (non-hydrogen) atoms. The van der Waals surface area contributed by atoms with Gasteiger partial charge in [-0.3, -0.25) is 14.4 Å². The quantitative estimate of drug-likeness (QED) is 0.489. The van der Waals surface area contributed by atoms with E-state index in [1.807, 2.05) is 34.9 Å². The Balaban J connectivity index is 1.97. The van der Waals surface area contributed by atoms with Crippen molar-refractivity contribution >= 4 is 46.6 Å². The van der Waals surface area contributed by atoms with Crippen LogP contribution >= 0.6 is 35.0 Å². The second kappa shape index (κ2) is 9.40. The summed E-state index contributed by atoms with van der Waals surface area (Å²) in [5, 5.41) is 28.8. The van der Waals surface area contributed by atoms with Gasteiger partial charge in [0.05, 0.1) is 18.0 Å². The first-order chi connectivity index (χ1) is 15.0. The Morgan fingerprint density at radius 2 is 1.94 bits per heavy atom. The molecule has 1 aliphatic heterocycles. The lowest BCUT2D eigenvalue weighted by molar-refractivity contribution is -0.137. The van der Waals surface area contributed by atoms with Crippen LogP contribution in [0.5, 0.6) is 0 Å². The lowest BCUT2D eigenvalue weighted by Gasteiger charge is -2.14. The number of aromatic nitrogens is 3. The van der Waals surface area contributed by atoms with Crippen molar-refractivity contribution in [1.29, 1.82) is 0 Å². The van der Waals surface area contributed by atoms with Crippen molar-refractivity contribution in [1.82, 2.24) is 14.8 Å². The van der Waals surface area contributed by atoms with Crippen LogP contribution in [0.25, 0.3) is 5.69 Å². The van der Waals surface area contributed by atoms with Crippen molar-refractivity contribution < 1.29 is 15.0 Å². The molecule has 0 unspecified atom stereocenters. The molecule has 10 heteroatoms. The van der Waals surface area contributed by atoms with Crippen LogP contribution in [0.15, 0.2) is 52.6 Å². The summed E-state index contributed by atoms with van der Waals surface area (Å²) in [4.78, 5) is 16.2. The number of carboxylic acids is 1. The summed E-state index contributed by atoms with van der Waals surface area (Å²) in [5.41, 5.74) is 2.84. The molecule has 0 radical (unpaired) electrons. The highest BCUT2D eigenvalue weighted by molar-refractivity contribution is 7.99. The highest BCUT2D eigenvalue weighted by atomic mass is 35.5. The van der Waals surface area contributed by atoms with Crippen LogP contribution in [0.4, 0.5) is 0 Å². The molecule has 3 aromatic rings. The maximum atomic E-state index is 11.3. The molecule has 0 spiro atoms. The molecule has 2 aromatic carbocycles. The smallest absolute Gasteiger partial charge is 0.303 e. The molecule has 0 saturated heterocycles. The molecule has 2 N–H and O–H groups in total. The van der Waals surface area contributed by atoms with Gasteiger partial charge in [-0.2, -0.15) is 0 Å². The van der Waals surface area contributed by atoms with Crippen LogP contribution < -0.4 is 0 Å². The number of rotatable bonds is 7. The first-order valence-corrected chi connectivity index (χ1v) is 11.3. The van der Waals surface area contributed by atoms with Crippen molar-refractivity contribution in [3.8, 4) is 5.69 Å². The number of aliphatic imine (C=N–C) groups is 1. The van der Waals surface area contributed by atoms with E-state index < -0.39 is 12.0 Å². The van der Waals surface area contributed by atoms with Crippen LogP contribution in [0.3, 0.4) is 0 Å². The van der Waals surface area contributed by atoms with Crippen LogP contribution in [-0.2, 0) is 4.79 Å².